The number of H-pyrrole nitrogens is 1. The molecule has 1 aromatic heterocycles. The molecule has 0 aliphatic rings. The van der Waals surface area contributed by atoms with Crippen LogP contribution in [0, 0.1) is 11.3 Å². The summed E-state index contributed by atoms with van der Waals surface area (Å²) in [5.41, 5.74) is 4.30. The Labute approximate surface area is 177 Å². The SMILES string of the molecule is N#Cc1ccc(Cc2cnc(Cc3ccc(-c4cccc(C(F)(F)F)c4)cc3)[nH]2)cc1. The molecule has 0 radical (unpaired) electrons. The fourth-order valence-corrected chi connectivity index (χ4v) is 3.39. The first-order valence-electron chi connectivity index (χ1n) is 9.69. The van der Waals surface area contributed by atoms with Gasteiger partial charge in [-0.3, -0.25) is 0 Å². The van der Waals surface area contributed by atoms with Crippen molar-refractivity contribution in [2.24, 2.45) is 0 Å². The minimum Gasteiger partial charge on any atom is -0.345 e. The van der Waals surface area contributed by atoms with Crippen LogP contribution < -0.4 is 0 Å². The van der Waals surface area contributed by atoms with Crippen LogP contribution in [0.5, 0.6) is 0 Å². The maximum absolute atomic E-state index is 12.9. The minimum absolute atomic E-state index is 0.532. The highest BCUT2D eigenvalue weighted by Gasteiger charge is 2.30. The number of nitrogens with one attached hydrogen (secondary N) is 1. The molecule has 0 unspecified atom stereocenters. The van der Waals surface area contributed by atoms with Crippen LogP contribution in [0.2, 0.25) is 0 Å². The van der Waals surface area contributed by atoms with E-state index in [9.17, 15) is 13.2 Å². The molecule has 0 aliphatic heterocycles. The zero-order valence-corrected chi connectivity index (χ0v) is 16.4. The van der Waals surface area contributed by atoms with E-state index in [1.807, 2.05) is 36.4 Å². The van der Waals surface area contributed by atoms with Crippen molar-refractivity contribution in [1.82, 2.24) is 9.97 Å². The summed E-state index contributed by atoms with van der Waals surface area (Å²) in [5, 5.41) is 8.88. The van der Waals surface area contributed by atoms with Crippen molar-refractivity contribution in [1.29, 1.82) is 5.26 Å². The third-order valence-corrected chi connectivity index (χ3v) is 5.01. The Morgan fingerprint density at radius 1 is 0.839 bits per heavy atom. The summed E-state index contributed by atoms with van der Waals surface area (Å²) in [6.07, 6.45) is -1.28. The van der Waals surface area contributed by atoms with Crippen molar-refractivity contribution < 1.29 is 13.2 Å². The Kier molecular flexibility index (Phi) is 5.59. The van der Waals surface area contributed by atoms with Gasteiger partial charge < -0.3 is 4.98 Å². The molecule has 4 aromatic rings. The van der Waals surface area contributed by atoms with Crippen LogP contribution in [0.15, 0.2) is 79.0 Å². The van der Waals surface area contributed by atoms with Crippen LogP contribution in [0.3, 0.4) is 0 Å². The number of hydrogen-bond acceptors (Lipinski definition) is 2. The number of imidazole rings is 1. The maximum Gasteiger partial charge on any atom is 0.416 e. The number of halogens is 3. The number of aromatic amines is 1. The van der Waals surface area contributed by atoms with Gasteiger partial charge in [0.2, 0.25) is 0 Å². The van der Waals surface area contributed by atoms with E-state index < -0.39 is 11.7 Å². The summed E-state index contributed by atoms with van der Waals surface area (Å²) in [6, 6.07) is 22.3. The van der Waals surface area contributed by atoms with Gasteiger partial charge in [0.1, 0.15) is 5.82 Å². The Hall–Kier alpha value is -3.85. The molecule has 6 heteroatoms. The quantitative estimate of drug-likeness (QED) is 0.423. The predicted molar refractivity (Wildman–Crippen MR) is 112 cm³/mol. The number of benzene rings is 3. The monoisotopic (exact) mass is 417 g/mol. The third kappa shape index (κ3) is 5.01. The van der Waals surface area contributed by atoms with Gasteiger partial charge in [-0.2, -0.15) is 18.4 Å². The van der Waals surface area contributed by atoms with E-state index in [4.69, 9.17) is 5.26 Å². The molecular formula is C25H18F3N3. The van der Waals surface area contributed by atoms with Crippen molar-refractivity contribution in [3.63, 3.8) is 0 Å². The summed E-state index contributed by atoms with van der Waals surface area (Å²) >= 11 is 0. The molecule has 154 valence electrons. The van der Waals surface area contributed by atoms with Gasteiger partial charge in [-0.1, -0.05) is 48.5 Å². The van der Waals surface area contributed by atoms with Crippen LogP contribution in [0.1, 0.15) is 33.8 Å². The van der Waals surface area contributed by atoms with E-state index in [-0.39, 0.29) is 0 Å². The van der Waals surface area contributed by atoms with Gasteiger partial charge >= 0.3 is 6.18 Å². The van der Waals surface area contributed by atoms with Gasteiger partial charge in [-0.05, 0) is 46.5 Å². The van der Waals surface area contributed by atoms with E-state index >= 15 is 0 Å². The summed E-state index contributed by atoms with van der Waals surface area (Å²) in [6.45, 7) is 0. The van der Waals surface area contributed by atoms with Crippen LogP contribution in [-0.2, 0) is 19.0 Å². The lowest BCUT2D eigenvalue weighted by Gasteiger charge is -2.09. The lowest BCUT2D eigenvalue weighted by molar-refractivity contribution is -0.137. The molecule has 3 nitrogen and oxygen atoms in total. The standard InChI is InChI=1S/C25H18F3N3/c26-25(27,28)22-3-1-2-21(14-22)20-10-8-18(9-11-20)13-24-30-16-23(31-24)12-17-4-6-19(15-29)7-5-17/h1-11,14,16H,12-13H2,(H,30,31). The normalized spacial score (nSPS) is 11.3. The molecule has 4 rings (SSSR count). The molecule has 1 N–H and O–H groups in total. The largest absolute Gasteiger partial charge is 0.416 e. The Morgan fingerprint density at radius 3 is 2.19 bits per heavy atom. The molecule has 0 fully saturated rings. The Bertz CT molecular complexity index is 1210. The van der Waals surface area contributed by atoms with Crippen molar-refractivity contribution in [2.75, 3.05) is 0 Å². The molecule has 0 atom stereocenters. The smallest absolute Gasteiger partial charge is 0.345 e. The lowest BCUT2D eigenvalue weighted by atomic mass is 10.0. The second-order valence-corrected chi connectivity index (χ2v) is 7.29. The molecule has 0 spiro atoms. The predicted octanol–water partition coefficient (Wildman–Crippen LogP) is 6.15. The molecular weight excluding hydrogens is 399 g/mol. The van der Waals surface area contributed by atoms with Crippen molar-refractivity contribution >= 4 is 0 Å². The van der Waals surface area contributed by atoms with E-state index in [1.54, 1.807) is 24.4 Å². The van der Waals surface area contributed by atoms with E-state index in [0.717, 1.165) is 40.3 Å². The summed E-state index contributed by atoms with van der Waals surface area (Å²) < 4.78 is 38.8. The van der Waals surface area contributed by atoms with Gasteiger partial charge in [0.05, 0.1) is 17.2 Å². The minimum atomic E-state index is -4.36. The van der Waals surface area contributed by atoms with E-state index in [1.165, 1.54) is 6.07 Å². The van der Waals surface area contributed by atoms with Crippen LogP contribution in [0.25, 0.3) is 11.1 Å². The molecule has 1 heterocycles. The van der Waals surface area contributed by atoms with Crippen molar-refractivity contribution in [2.45, 2.75) is 19.0 Å². The van der Waals surface area contributed by atoms with Gasteiger partial charge in [0.15, 0.2) is 0 Å². The highest BCUT2D eigenvalue weighted by molar-refractivity contribution is 5.64. The highest BCUT2D eigenvalue weighted by atomic mass is 19.4. The third-order valence-electron chi connectivity index (χ3n) is 5.01. The number of nitriles is 1. The van der Waals surface area contributed by atoms with Gasteiger partial charge in [0.25, 0.3) is 0 Å². The molecule has 0 aliphatic carbocycles. The number of rotatable bonds is 5. The van der Waals surface area contributed by atoms with Crippen LogP contribution in [-0.4, -0.2) is 9.97 Å². The maximum atomic E-state index is 12.9. The zero-order chi connectivity index (χ0) is 21.8. The molecule has 3 aromatic carbocycles. The second kappa shape index (κ2) is 8.49. The van der Waals surface area contributed by atoms with Gasteiger partial charge in [-0.25, -0.2) is 4.98 Å². The number of alkyl halides is 3. The molecule has 31 heavy (non-hydrogen) atoms. The fourth-order valence-electron chi connectivity index (χ4n) is 3.39. The van der Waals surface area contributed by atoms with Crippen molar-refractivity contribution in [3.05, 3.63) is 113 Å². The topological polar surface area (TPSA) is 52.5 Å². The summed E-state index contributed by atoms with van der Waals surface area (Å²) in [4.78, 5) is 7.74. The van der Waals surface area contributed by atoms with Crippen molar-refractivity contribution in [3.8, 4) is 17.2 Å². The molecule has 0 saturated carbocycles. The van der Waals surface area contributed by atoms with Crippen LogP contribution in [0.4, 0.5) is 13.2 Å². The first-order chi connectivity index (χ1) is 14.9. The number of aromatic nitrogens is 2. The summed E-state index contributed by atoms with van der Waals surface area (Å²) in [7, 11) is 0. The highest BCUT2D eigenvalue weighted by Crippen LogP contribution is 2.32. The number of nitrogens with zero attached hydrogens (tertiary/aromatic N) is 2. The van der Waals surface area contributed by atoms with Crippen LogP contribution >= 0.6 is 0 Å². The lowest BCUT2D eigenvalue weighted by Crippen LogP contribution is -2.04. The Balaban J connectivity index is 1.43. The van der Waals surface area contributed by atoms with Gasteiger partial charge in [-0.15, -0.1) is 0 Å². The Morgan fingerprint density at radius 2 is 1.52 bits per heavy atom. The fraction of sp³-hybridized carbons (Fsp3) is 0.120. The first-order valence-corrected chi connectivity index (χ1v) is 9.69. The average Bonchev–Trinajstić information content (AvgIpc) is 3.21. The zero-order valence-electron chi connectivity index (χ0n) is 16.4. The average molecular weight is 417 g/mol. The molecule has 0 bridgehead atoms. The number of hydrogen-bond donors (Lipinski definition) is 1. The first kappa shape index (κ1) is 20.4. The molecule has 0 amide bonds. The summed E-state index contributed by atoms with van der Waals surface area (Å²) in [5.74, 6) is 0.815. The molecule has 0 saturated heterocycles. The van der Waals surface area contributed by atoms with E-state index in [2.05, 4.69) is 16.0 Å². The van der Waals surface area contributed by atoms with E-state index in [0.29, 0.717) is 24.0 Å². The second-order valence-electron chi connectivity index (χ2n) is 7.29. The van der Waals surface area contributed by atoms with Gasteiger partial charge in [0, 0.05) is 24.7 Å².